The molecule has 3 aromatic rings. The Balaban J connectivity index is 1.60. The SMILES string of the molecule is CC(C)Oc1ccc(Cl)cc1C(=O)NCCc1cnn(-c2ccccc2)c1. The molecule has 2 aromatic carbocycles. The van der Waals surface area contributed by atoms with Gasteiger partial charge in [-0.05, 0) is 56.2 Å². The van der Waals surface area contributed by atoms with E-state index in [2.05, 4.69) is 10.4 Å². The number of para-hydroxylation sites is 1. The monoisotopic (exact) mass is 383 g/mol. The summed E-state index contributed by atoms with van der Waals surface area (Å²) in [7, 11) is 0. The number of hydrogen-bond donors (Lipinski definition) is 1. The molecule has 3 rings (SSSR count). The van der Waals surface area contributed by atoms with Gasteiger partial charge in [-0.25, -0.2) is 4.68 Å². The number of benzene rings is 2. The summed E-state index contributed by atoms with van der Waals surface area (Å²) in [4.78, 5) is 12.5. The first kappa shape index (κ1) is 19.0. The van der Waals surface area contributed by atoms with E-state index >= 15 is 0 Å². The fraction of sp³-hybridized carbons (Fsp3) is 0.238. The second-order valence-electron chi connectivity index (χ2n) is 6.44. The molecule has 0 bridgehead atoms. The van der Waals surface area contributed by atoms with Crippen LogP contribution in [0.2, 0.25) is 5.02 Å². The second-order valence-corrected chi connectivity index (χ2v) is 6.88. The highest BCUT2D eigenvalue weighted by atomic mass is 35.5. The van der Waals surface area contributed by atoms with E-state index in [1.54, 1.807) is 18.2 Å². The van der Waals surface area contributed by atoms with Gasteiger partial charge in [0.1, 0.15) is 5.75 Å². The van der Waals surface area contributed by atoms with E-state index in [1.165, 1.54) is 0 Å². The van der Waals surface area contributed by atoms with Crippen molar-refractivity contribution in [3.8, 4) is 11.4 Å². The summed E-state index contributed by atoms with van der Waals surface area (Å²) in [5.41, 5.74) is 2.49. The first-order valence-corrected chi connectivity index (χ1v) is 9.24. The molecule has 27 heavy (non-hydrogen) atoms. The van der Waals surface area contributed by atoms with E-state index in [9.17, 15) is 4.79 Å². The lowest BCUT2D eigenvalue weighted by Gasteiger charge is -2.14. The van der Waals surface area contributed by atoms with Crippen LogP contribution in [0.3, 0.4) is 0 Å². The van der Waals surface area contributed by atoms with Crippen LogP contribution in [0.5, 0.6) is 5.75 Å². The van der Waals surface area contributed by atoms with Crippen molar-refractivity contribution in [2.45, 2.75) is 26.4 Å². The number of nitrogens with zero attached hydrogens (tertiary/aromatic N) is 2. The Morgan fingerprint density at radius 3 is 2.74 bits per heavy atom. The molecule has 0 aliphatic carbocycles. The molecule has 140 valence electrons. The average Bonchev–Trinajstić information content (AvgIpc) is 3.12. The Bertz CT molecular complexity index is 907. The Labute approximate surface area is 163 Å². The Morgan fingerprint density at radius 1 is 1.22 bits per heavy atom. The fourth-order valence-electron chi connectivity index (χ4n) is 2.66. The maximum absolute atomic E-state index is 12.5. The van der Waals surface area contributed by atoms with Gasteiger partial charge in [0.15, 0.2) is 0 Å². The van der Waals surface area contributed by atoms with Crippen molar-refractivity contribution in [3.05, 3.63) is 77.1 Å². The van der Waals surface area contributed by atoms with E-state index in [0.717, 1.165) is 11.3 Å². The molecular weight excluding hydrogens is 362 g/mol. The molecule has 0 aliphatic heterocycles. The van der Waals surface area contributed by atoms with Crippen LogP contribution >= 0.6 is 11.6 Å². The zero-order valence-corrected chi connectivity index (χ0v) is 16.1. The quantitative estimate of drug-likeness (QED) is 0.662. The third kappa shape index (κ3) is 5.11. The molecular formula is C21H22ClN3O2. The van der Waals surface area contributed by atoms with Crippen molar-refractivity contribution in [2.75, 3.05) is 6.54 Å². The van der Waals surface area contributed by atoms with Gasteiger partial charge < -0.3 is 10.1 Å². The molecule has 0 saturated carbocycles. The minimum atomic E-state index is -0.205. The minimum absolute atomic E-state index is 0.0263. The molecule has 0 unspecified atom stereocenters. The lowest BCUT2D eigenvalue weighted by Crippen LogP contribution is -2.26. The van der Waals surface area contributed by atoms with Gasteiger partial charge in [0.25, 0.3) is 5.91 Å². The maximum atomic E-state index is 12.5. The lowest BCUT2D eigenvalue weighted by atomic mass is 10.1. The van der Waals surface area contributed by atoms with Crippen molar-refractivity contribution in [3.63, 3.8) is 0 Å². The number of carbonyl (C=O) groups excluding carboxylic acids is 1. The fourth-order valence-corrected chi connectivity index (χ4v) is 2.84. The number of carbonyl (C=O) groups is 1. The van der Waals surface area contributed by atoms with Crippen LogP contribution in [0.4, 0.5) is 0 Å². The van der Waals surface area contributed by atoms with Gasteiger partial charge in [0.05, 0.1) is 23.6 Å². The molecule has 6 heteroatoms. The largest absolute Gasteiger partial charge is 0.490 e. The summed E-state index contributed by atoms with van der Waals surface area (Å²) in [6, 6.07) is 15.0. The average molecular weight is 384 g/mol. The van der Waals surface area contributed by atoms with E-state index in [1.807, 2.05) is 61.3 Å². The zero-order chi connectivity index (χ0) is 19.2. The van der Waals surface area contributed by atoms with Crippen molar-refractivity contribution < 1.29 is 9.53 Å². The number of hydrogen-bond acceptors (Lipinski definition) is 3. The summed E-state index contributed by atoms with van der Waals surface area (Å²) in [6.45, 7) is 4.33. The van der Waals surface area contributed by atoms with Crippen molar-refractivity contribution >= 4 is 17.5 Å². The summed E-state index contributed by atoms with van der Waals surface area (Å²) in [6.07, 6.45) is 4.43. The van der Waals surface area contributed by atoms with Crippen molar-refractivity contribution in [1.29, 1.82) is 0 Å². The van der Waals surface area contributed by atoms with Crippen molar-refractivity contribution in [1.82, 2.24) is 15.1 Å². The molecule has 0 aliphatic rings. The lowest BCUT2D eigenvalue weighted by molar-refractivity contribution is 0.0948. The topological polar surface area (TPSA) is 56.1 Å². The molecule has 1 amide bonds. The molecule has 1 N–H and O–H groups in total. The third-order valence-electron chi connectivity index (χ3n) is 3.90. The van der Waals surface area contributed by atoms with Gasteiger partial charge >= 0.3 is 0 Å². The molecule has 0 atom stereocenters. The number of nitrogens with one attached hydrogen (secondary N) is 1. The molecule has 1 aromatic heterocycles. The Morgan fingerprint density at radius 2 is 2.00 bits per heavy atom. The predicted octanol–water partition coefficient (Wildman–Crippen LogP) is 4.29. The van der Waals surface area contributed by atoms with Gasteiger partial charge in [-0.2, -0.15) is 5.10 Å². The van der Waals surface area contributed by atoms with E-state index in [0.29, 0.717) is 29.3 Å². The highest BCUT2D eigenvalue weighted by Crippen LogP contribution is 2.24. The van der Waals surface area contributed by atoms with E-state index in [4.69, 9.17) is 16.3 Å². The predicted molar refractivity (Wildman–Crippen MR) is 107 cm³/mol. The number of amides is 1. The van der Waals surface area contributed by atoms with Gasteiger partial charge in [-0.3, -0.25) is 4.79 Å². The van der Waals surface area contributed by atoms with Gasteiger partial charge in [0.2, 0.25) is 0 Å². The van der Waals surface area contributed by atoms with Crippen LogP contribution < -0.4 is 10.1 Å². The van der Waals surface area contributed by atoms with Crippen LogP contribution in [0.15, 0.2) is 60.9 Å². The molecule has 0 radical (unpaired) electrons. The molecule has 0 fully saturated rings. The number of ether oxygens (including phenoxy) is 1. The number of halogens is 1. The van der Waals surface area contributed by atoms with Crippen LogP contribution in [-0.2, 0) is 6.42 Å². The first-order valence-electron chi connectivity index (χ1n) is 8.86. The number of aromatic nitrogens is 2. The molecule has 0 saturated heterocycles. The summed E-state index contributed by atoms with van der Waals surface area (Å²) >= 11 is 6.04. The zero-order valence-electron chi connectivity index (χ0n) is 15.4. The van der Waals surface area contributed by atoms with E-state index in [-0.39, 0.29) is 12.0 Å². The van der Waals surface area contributed by atoms with Crippen LogP contribution in [0.25, 0.3) is 5.69 Å². The highest BCUT2D eigenvalue weighted by molar-refractivity contribution is 6.31. The third-order valence-corrected chi connectivity index (χ3v) is 4.14. The minimum Gasteiger partial charge on any atom is -0.490 e. The summed E-state index contributed by atoms with van der Waals surface area (Å²) in [5.74, 6) is 0.326. The van der Waals surface area contributed by atoms with Gasteiger partial charge in [-0.15, -0.1) is 0 Å². The standard InChI is InChI=1S/C21H22ClN3O2/c1-15(2)27-20-9-8-17(22)12-19(20)21(26)23-11-10-16-13-24-25(14-16)18-6-4-3-5-7-18/h3-9,12-15H,10-11H2,1-2H3,(H,23,26). The summed E-state index contributed by atoms with van der Waals surface area (Å²) < 4.78 is 7.53. The van der Waals surface area contributed by atoms with Crippen LogP contribution in [0, 0.1) is 0 Å². The molecule has 5 nitrogen and oxygen atoms in total. The maximum Gasteiger partial charge on any atom is 0.255 e. The summed E-state index contributed by atoms with van der Waals surface area (Å²) in [5, 5.41) is 7.79. The van der Waals surface area contributed by atoms with E-state index < -0.39 is 0 Å². The molecule has 0 spiro atoms. The van der Waals surface area contributed by atoms with Gasteiger partial charge in [0, 0.05) is 17.8 Å². The smallest absolute Gasteiger partial charge is 0.255 e. The normalized spacial score (nSPS) is 10.8. The Hall–Kier alpha value is -2.79. The number of rotatable bonds is 7. The van der Waals surface area contributed by atoms with Crippen LogP contribution in [-0.4, -0.2) is 28.3 Å². The van der Waals surface area contributed by atoms with Crippen LogP contribution in [0.1, 0.15) is 29.8 Å². The Kier molecular flexibility index (Phi) is 6.14. The first-order chi connectivity index (χ1) is 13.0. The van der Waals surface area contributed by atoms with Crippen molar-refractivity contribution in [2.24, 2.45) is 0 Å². The highest BCUT2D eigenvalue weighted by Gasteiger charge is 2.14. The van der Waals surface area contributed by atoms with Gasteiger partial charge in [-0.1, -0.05) is 29.8 Å². The molecule has 1 heterocycles. The second kappa shape index (κ2) is 8.73.